The first-order chi connectivity index (χ1) is 11.2. The van der Waals surface area contributed by atoms with E-state index in [1.807, 2.05) is 36.4 Å². The second kappa shape index (κ2) is 6.87. The predicted molar refractivity (Wildman–Crippen MR) is 84.4 cm³/mol. The molecule has 0 saturated heterocycles. The SMILES string of the molecule is O=C(NCCc1cc(-c2ccccc2)on1)c1ccc(F)cc1. The van der Waals surface area contributed by atoms with Crippen LogP contribution in [0.1, 0.15) is 16.1 Å². The molecule has 1 N–H and O–H groups in total. The maximum Gasteiger partial charge on any atom is 0.251 e. The van der Waals surface area contributed by atoms with Gasteiger partial charge in [-0.1, -0.05) is 35.5 Å². The van der Waals surface area contributed by atoms with Crippen molar-refractivity contribution in [2.24, 2.45) is 0 Å². The smallest absolute Gasteiger partial charge is 0.251 e. The summed E-state index contributed by atoms with van der Waals surface area (Å²) < 4.78 is 18.1. The van der Waals surface area contributed by atoms with E-state index >= 15 is 0 Å². The number of carbonyl (C=O) groups excluding carboxylic acids is 1. The Hall–Kier alpha value is -2.95. The first-order valence-electron chi connectivity index (χ1n) is 7.27. The lowest BCUT2D eigenvalue weighted by Gasteiger charge is -2.03. The van der Waals surface area contributed by atoms with Crippen molar-refractivity contribution >= 4 is 5.91 Å². The van der Waals surface area contributed by atoms with Gasteiger partial charge in [-0.3, -0.25) is 4.79 Å². The minimum Gasteiger partial charge on any atom is -0.356 e. The van der Waals surface area contributed by atoms with Gasteiger partial charge in [0.2, 0.25) is 0 Å². The van der Waals surface area contributed by atoms with Gasteiger partial charge in [-0.25, -0.2) is 4.39 Å². The molecule has 0 atom stereocenters. The Bertz CT molecular complexity index is 782. The summed E-state index contributed by atoms with van der Waals surface area (Å²) in [6, 6.07) is 17.0. The summed E-state index contributed by atoms with van der Waals surface area (Å²) in [5, 5.41) is 6.77. The van der Waals surface area contributed by atoms with Crippen molar-refractivity contribution in [3.05, 3.63) is 77.7 Å². The van der Waals surface area contributed by atoms with Crippen molar-refractivity contribution in [3.63, 3.8) is 0 Å². The third-order valence-corrected chi connectivity index (χ3v) is 3.39. The molecule has 23 heavy (non-hydrogen) atoms. The molecule has 0 bridgehead atoms. The van der Waals surface area contributed by atoms with Crippen LogP contribution in [-0.2, 0) is 6.42 Å². The van der Waals surface area contributed by atoms with Gasteiger partial charge in [0.05, 0.1) is 5.69 Å². The molecule has 0 spiro atoms. The Balaban J connectivity index is 1.54. The maximum absolute atomic E-state index is 12.8. The third kappa shape index (κ3) is 3.83. The van der Waals surface area contributed by atoms with Crippen LogP contribution in [-0.4, -0.2) is 17.6 Å². The summed E-state index contributed by atoms with van der Waals surface area (Å²) in [6.45, 7) is 0.428. The van der Waals surface area contributed by atoms with Gasteiger partial charge in [0.15, 0.2) is 5.76 Å². The molecule has 0 saturated carbocycles. The molecule has 4 nitrogen and oxygen atoms in total. The number of hydrogen-bond acceptors (Lipinski definition) is 3. The summed E-state index contributed by atoms with van der Waals surface area (Å²) in [7, 11) is 0. The fourth-order valence-corrected chi connectivity index (χ4v) is 2.18. The van der Waals surface area contributed by atoms with E-state index in [-0.39, 0.29) is 11.7 Å². The van der Waals surface area contributed by atoms with E-state index in [4.69, 9.17) is 4.52 Å². The zero-order chi connectivity index (χ0) is 16.1. The molecule has 0 unspecified atom stereocenters. The second-order valence-corrected chi connectivity index (χ2v) is 5.06. The van der Waals surface area contributed by atoms with Gasteiger partial charge >= 0.3 is 0 Å². The molecule has 2 aromatic carbocycles. The Morgan fingerprint density at radius 3 is 2.57 bits per heavy atom. The molecule has 0 aliphatic rings. The molecule has 3 aromatic rings. The maximum atomic E-state index is 12.8. The summed E-state index contributed by atoms with van der Waals surface area (Å²) >= 11 is 0. The minimum atomic E-state index is -0.363. The average Bonchev–Trinajstić information content (AvgIpc) is 3.05. The molecule has 116 valence electrons. The molecule has 3 rings (SSSR count). The summed E-state index contributed by atoms with van der Waals surface area (Å²) in [5.41, 5.74) is 2.15. The van der Waals surface area contributed by atoms with Crippen molar-refractivity contribution in [3.8, 4) is 11.3 Å². The number of halogens is 1. The zero-order valence-corrected chi connectivity index (χ0v) is 12.3. The zero-order valence-electron chi connectivity index (χ0n) is 12.3. The topological polar surface area (TPSA) is 55.1 Å². The van der Waals surface area contributed by atoms with Gasteiger partial charge in [0.25, 0.3) is 5.91 Å². The fourth-order valence-electron chi connectivity index (χ4n) is 2.18. The predicted octanol–water partition coefficient (Wildman–Crippen LogP) is 3.45. The van der Waals surface area contributed by atoms with Crippen LogP contribution in [0, 0.1) is 5.82 Å². The number of aromatic nitrogens is 1. The highest BCUT2D eigenvalue weighted by molar-refractivity contribution is 5.94. The summed E-state index contributed by atoms with van der Waals surface area (Å²) in [5.74, 6) is 0.0971. The van der Waals surface area contributed by atoms with Gasteiger partial charge in [0, 0.05) is 30.2 Å². The molecule has 1 heterocycles. The monoisotopic (exact) mass is 310 g/mol. The molecule has 0 aliphatic heterocycles. The third-order valence-electron chi connectivity index (χ3n) is 3.39. The molecule has 0 aliphatic carbocycles. The van der Waals surface area contributed by atoms with E-state index in [1.165, 1.54) is 24.3 Å². The fraction of sp³-hybridized carbons (Fsp3) is 0.111. The summed E-state index contributed by atoms with van der Waals surface area (Å²) in [6.07, 6.45) is 0.559. The lowest BCUT2D eigenvalue weighted by Crippen LogP contribution is -2.25. The Morgan fingerprint density at radius 2 is 1.83 bits per heavy atom. The summed E-state index contributed by atoms with van der Waals surface area (Å²) in [4.78, 5) is 11.9. The van der Waals surface area contributed by atoms with Crippen LogP contribution < -0.4 is 5.32 Å². The van der Waals surface area contributed by atoms with Gasteiger partial charge in [0.1, 0.15) is 5.82 Å². The van der Waals surface area contributed by atoms with E-state index in [9.17, 15) is 9.18 Å². The van der Waals surface area contributed by atoms with Crippen LogP contribution in [0.15, 0.2) is 65.2 Å². The molecular weight excluding hydrogens is 295 g/mol. The largest absolute Gasteiger partial charge is 0.356 e. The molecule has 1 aromatic heterocycles. The Labute approximate surface area is 132 Å². The standard InChI is InChI=1S/C18H15FN2O2/c19-15-8-6-14(7-9-15)18(22)20-11-10-16-12-17(23-21-16)13-4-2-1-3-5-13/h1-9,12H,10-11H2,(H,20,22). The molecular formula is C18H15FN2O2. The first-order valence-corrected chi connectivity index (χ1v) is 7.27. The quantitative estimate of drug-likeness (QED) is 0.785. The van der Waals surface area contributed by atoms with Gasteiger partial charge < -0.3 is 9.84 Å². The second-order valence-electron chi connectivity index (χ2n) is 5.06. The Morgan fingerprint density at radius 1 is 1.09 bits per heavy atom. The highest BCUT2D eigenvalue weighted by Gasteiger charge is 2.08. The van der Waals surface area contributed by atoms with Gasteiger partial charge in [-0.05, 0) is 24.3 Å². The number of hydrogen-bond donors (Lipinski definition) is 1. The number of amides is 1. The molecule has 5 heteroatoms. The van der Waals surface area contributed by atoms with Crippen LogP contribution in [0.4, 0.5) is 4.39 Å². The van der Waals surface area contributed by atoms with E-state index < -0.39 is 0 Å². The van der Waals surface area contributed by atoms with E-state index in [0.717, 1.165) is 11.3 Å². The van der Waals surface area contributed by atoms with E-state index in [1.54, 1.807) is 0 Å². The molecule has 0 fully saturated rings. The van der Waals surface area contributed by atoms with Crippen molar-refractivity contribution < 1.29 is 13.7 Å². The average molecular weight is 310 g/mol. The number of benzene rings is 2. The lowest BCUT2D eigenvalue weighted by atomic mass is 10.1. The molecule has 1 amide bonds. The normalized spacial score (nSPS) is 10.5. The van der Waals surface area contributed by atoms with E-state index in [0.29, 0.717) is 24.3 Å². The minimum absolute atomic E-state index is 0.239. The van der Waals surface area contributed by atoms with Crippen molar-refractivity contribution in [1.29, 1.82) is 0 Å². The van der Waals surface area contributed by atoms with Crippen molar-refractivity contribution in [1.82, 2.24) is 10.5 Å². The van der Waals surface area contributed by atoms with Crippen LogP contribution in [0.25, 0.3) is 11.3 Å². The van der Waals surface area contributed by atoms with Crippen molar-refractivity contribution in [2.45, 2.75) is 6.42 Å². The number of carbonyl (C=O) groups is 1. The van der Waals surface area contributed by atoms with Crippen LogP contribution in [0.2, 0.25) is 0 Å². The van der Waals surface area contributed by atoms with Crippen LogP contribution in [0.3, 0.4) is 0 Å². The van der Waals surface area contributed by atoms with Crippen LogP contribution in [0.5, 0.6) is 0 Å². The number of nitrogens with one attached hydrogen (secondary N) is 1. The highest BCUT2D eigenvalue weighted by atomic mass is 19.1. The Kier molecular flexibility index (Phi) is 4.47. The van der Waals surface area contributed by atoms with Gasteiger partial charge in [-0.2, -0.15) is 0 Å². The van der Waals surface area contributed by atoms with Crippen LogP contribution >= 0.6 is 0 Å². The van der Waals surface area contributed by atoms with E-state index in [2.05, 4.69) is 10.5 Å². The van der Waals surface area contributed by atoms with Crippen molar-refractivity contribution in [2.75, 3.05) is 6.54 Å². The number of nitrogens with zero attached hydrogens (tertiary/aromatic N) is 1. The first kappa shape index (κ1) is 15.0. The molecule has 0 radical (unpaired) electrons. The van der Waals surface area contributed by atoms with Gasteiger partial charge in [-0.15, -0.1) is 0 Å². The lowest BCUT2D eigenvalue weighted by molar-refractivity contribution is 0.0954. The number of rotatable bonds is 5. The highest BCUT2D eigenvalue weighted by Crippen LogP contribution is 2.19.